The van der Waals surface area contributed by atoms with Crippen LogP contribution < -0.4 is 10.5 Å². The minimum Gasteiger partial charge on any atom is -0.485 e. The van der Waals surface area contributed by atoms with E-state index in [0.29, 0.717) is 19.6 Å². The van der Waals surface area contributed by atoms with Gasteiger partial charge in [-0.2, -0.15) is 5.10 Å². The molecule has 0 aliphatic carbocycles. The molecule has 1 heterocycles. The molecule has 0 saturated heterocycles. The first-order valence-corrected chi connectivity index (χ1v) is 5.98. The number of rotatable bonds is 5. The molecule has 0 spiro atoms. The van der Waals surface area contributed by atoms with E-state index in [9.17, 15) is 0 Å². The molecule has 5 nitrogen and oxygen atoms in total. The highest BCUT2D eigenvalue weighted by Gasteiger charge is 2.07. The normalized spacial score (nSPS) is 10.6. The zero-order chi connectivity index (χ0) is 13.0. The SMILES string of the molecule is Cc1ccccc1OCc1nc(CCN)nn1C. The third-order valence-corrected chi connectivity index (χ3v) is 2.72. The van der Waals surface area contributed by atoms with Gasteiger partial charge < -0.3 is 10.5 Å². The first-order valence-electron chi connectivity index (χ1n) is 5.98. The molecule has 1 aromatic carbocycles. The van der Waals surface area contributed by atoms with Crippen molar-refractivity contribution < 1.29 is 4.74 Å². The quantitative estimate of drug-likeness (QED) is 0.861. The molecule has 0 aliphatic heterocycles. The van der Waals surface area contributed by atoms with Crippen LogP contribution in [0.2, 0.25) is 0 Å². The standard InChI is InChI=1S/C13H18N4O/c1-10-5-3-4-6-11(10)18-9-13-15-12(7-8-14)16-17(13)2/h3-6H,7-9,14H2,1-2H3. The van der Waals surface area contributed by atoms with Gasteiger partial charge in [0.05, 0.1) is 0 Å². The lowest BCUT2D eigenvalue weighted by Gasteiger charge is -2.07. The second kappa shape index (κ2) is 5.64. The fraction of sp³-hybridized carbons (Fsp3) is 0.385. The van der Waals surface area contributed by atoms with Crippen LogP contribution in [-0.2, 0) is 20.1 Å². The smallest absolute Gasteiger partial charge is 0.164 e. The highest BCUT2D eigenvalue weighted by atomic mass is 16.5. The van der Waals surface area contributed by atoms with E-state index >= 15 is 0 Å². The topological polar surface area (TPSA) is 66.0 Å². The minimum atomic E-state index is 0.416. The van der Waals surface area contributed by atoms with Gasteiger partial charge in [0, 0.05) is 13.5 Å². The lowest BCUT2D eigenvalue weighted by molar-refractivity contribution is 0.288. The lowest BCUT2D eigenvalue weighted by Crippen LogP contribution is -2.04. The van der Waals surface area contributed by atoms with Crippen LogP contribution in [0.3, 0.4) is 0 Å². The zero-order valence-electron chi connectivity index (χ0n) is 10.8. The molecule has 0 atom stereocenters. The Kier molecular flexibility index (Phi) is 3.94. The largest absolute Gasteiger partial charge is 0.485 e. The second-order valence-electron chi connectivity index (χ2n) is 4.16. The second-order valence-corrected chi connectivity index (χ2v) is 4.16. The molecule has 0 fully saturated rings. The molecule has 0 amide bonds. The van der Waals surface area contributed by atoms with Gasteiger partial charge in [0.1, 0.15) is 12.4 Å². The molecule has 2 aromatic rings. The van der Waals surface area contributed by atoms with E-state index in [4.69, 9.17) is 10.5 Å². The third kappa shape index (κ3) is 2.87. The molecule has 0 radical (unpaired) electrons. The van der Waals surface area contributed by atoms with Gasteiger partial charge in [-0.05, 0) is 25.1 Å². The summed E-state index contributed by atoms with van der Waals surface area (Å²) in [5.74, 6) is 2.45. The molecule has 1 aromatic heterocycles. The summed E-state index contributed by atoms with van der Waals surface area (Å²) in [4.78, 5) is 4.39. The van der Waals surface area contributed by atoms with E-state index < -0.39 is 0 Å². The minimum absolute atomic E-state index is 0.416. The lowest BCUT2D eigenvalue weighted by atomic mass is 10.2. The van der Waals surface area contributed by atoms with Crippen LogP contribution in [0.15, 0.2) is 24.3 Å². The molecule has 2 rings (SSSR count). The maximum absolute atomic E-state index is 5.74. The monoisotopic (exact) mass is 246 g/mol. The van der Waals surface area contributed by atoms with E-state index in [2.05, 4.69) is 10.1 Å². The Morgan fingerprint density at radius 3 is 2.83 bits per heavy atom. The van der Waals surface area contributed by atoms with Crippen molar-refractivity contribution in [1.29, 1.82) is 0 Å². The average molecular weight is 246 g/mol. The predicted octanol–water partition coefficient (Wildman–Crippen LogP) is 1.20. The molecular weight excluding hydrogens is 228 g/mol. The van der Waals surface area contributed by atoms with Gasteiger partial charge in [0.25, 0.3) is 0 Å². The van der Waals surface area contributed by atoms with Crippen LogP contribution in [0, 0.1) is 6.92 Å². The fourth-order valence-electron chi connectivity index (χ4n) is 1.70. The van der Waals surface area contributed by atoms with Crippen LogP contribution in [0.25, 0.3) is 0 Å². The van der Waals surface area contributed by atoms with Gasteiger partial charge in [-0.15, -0.1) is 0 Å². The summed E-state index contributed by atoms with van der Waals surface area (Å²) >= 11 is 0. The van der Waals surface area contributed by atoms with Crippen LogP contribution in [0.5, 0.6) is 5.75 Å². The summed E-state index contributed by atoms with van der Waals surface area (Å²) in [5.41, 5.74) is 6.60. The van der Waals surface area contributed by atoms with Crippen LogP contribution in [-0.4, -0.2) is 21.3 Å². The van der Waals surface area contributed by atoms with Crippen molar-refractivity contribution in [3.63, 3.8) is 0 Å². The maximum Gasteiger partial charge on any atom is 0.164 e. The van der Waals surface area contributed by atoms with Gasteiger partial charge >= 0.3 is 0 Å². The molecule has 0 bridgehead atoms. The molecule has 96 valence electrons. The van der Waals surface area contributed by atoms with Crippen molar-refractivity contribution in [2.24, 2.45) is 12.8 Å². The third-order valence-electron chi connectivity index (χ3n) is 2.72. The van der Waals surface area contributed by atoms with Crippen molar-refractivity contribution in [2.45, 2.75) is 20.0 Å². The fourth-order valence-corrected chi connectivity index (χ4v) is 1.70. The Hall–Kier alpha value is -1.88. The summed E-state index contributed by atoms with van der Waals surface area (Å²) in [7, 11) is 1.86. The highest BCUT2D eigenvalue weighted by Crippen LogP contribution is 2.17. The Bertz CT molecular complexity index is 521. The van der Waals surface area contributed by atoms with E-state index in [1.165, 1.54) is 0 Å². The van der Waals surface area contributed by atoms with Crippen molar-refractivity contribution in [1.82, 2.24) is 14.8 Å². The summed E-state index contributed by atoms with van der Waals surface area (Å²) in [6.07, 6.45) is 0.693. The highest BCUT2D eigenvalue weighted by molar-refractivity contribution is 5.31. The van der Waals surface area contributed by atoms with Crippen LogP contribution >= 0.6 is 0 Å². The summed E-state index contributed by atoms with van der Waals surface area (Å²) < 4.78 is 7.48. The number of hydrogen-bond acceptors (Lipinski definition) is 4. The first-order chi connectivity index (χ1) is 8.70. The van der Waals surface area contributed by atoms with E-state index in [1.54, 1.807) is 4.68 Å². The van der Waals surface area contributed by atoms with Gasteiger partial charge in [0.2, 0.25) is 0 Å². The number of ether oxygens (including phenoxy) is 1. The maximum atomic E-state index is 5.74. The van der Waals surface area contributed by atoms with Crippen molar-refractivity contribution in [2.75, 3.05) is 6.54 Å². The molecule has 18 heavy (non-hydrogen) atoms. The van der Waals surface area contributed by atoms with Crippen molar-refractivity contribution >= 4 is 0 Å². The molecule has 2 N–H and O–H groups in total. The van der Waals surface area contributed by atoms with E-state index in [-0.39, 0.29) is 0 Å². The molecule has 5 heteroatoms. The van der Waals surface area contributed by atoms with Crippen molar-refractivity contribution in [3.05, 3.63) is 41.5 Å². The molecular formula is C13H18N4O. The Balaban J connectivity index is 2.04. The Morgan fingerprint density at radius 1 is 1.33 bits per heavy atom. The van der Waals surface area contributed by atoms with Gasteiger partial charge in [-0.1, -0.05) is 18.2 Å². The number of nitrogens with two attached hydrogens (primary N) is 1. The number of hydrogen-bond donors (Lipinski definition) is 1. The zero-order valence-corrected chi connectivity index (χ0v) is 10.8. The van der Waals surface area contributed by atoms with Crippen molar-refractivity contribution in [3.8, 4) is 5.75 Å². The van der Waals surface area contributed by atoms with Crippen LogP contribution in [0.4, 0.5) is 0 Å². The van der Waals surface area contributed by atoms with E-state index in [0.717, 1.165) is 23.0 Å². The van der Waals surface area contributed by atoms with Gasteiger partial charge in [-0.3, -0.25) is 0 Å². The average Bonchev–Trinajstić information content (AvgIpc) is 2.69. The van der Waals surface area contributed by atoms with Crippen LogP contribution in [0.1, 0.15) is 17.2 Å². The number of benzene rings is 1. The summed E-state index contributed by atoms with van der Waals surface area (Å²) in [6, 6.07) is 7.92. The van der Waals surface area contributed by atoms with Gasteiger partial charge in [-0.25, -0.2) is 9.67 Å². The molecule has 0 aliphatic rings. The molecule has 0 unspecified atom stereocenters. The number of nitrogens with zero attached hydrogens (tertiary/aromatic N) is 3. The van der Waals surface area contributed by atoms with Gasteiger partial charge in [0.15, 0.2) is 11.6 Å². The summed E-state index contributed by atoms with van der Waals surface area (Å²) in [5, 5.41) is 4.28. The molecule has 0 saturated carbocycles. The number of aryl methyl sites for hydroxylation is 2. The Labute approximate surface area is 107 Å². The summed E-state index contributed by atoms with van der Waals surface area (Å²) in [6.45, 7) is 2.99. The predicted molar refractivity (Wildman–Crippen MR) is 69.3 cm³/mol. The first kappa shape index (κ1) is 12.6. The number of aromatic nitrogens is 3. The van der Waals surface area contributed by atoms with E-state index in [1.807, 2.05) is 38.2 Å². The Morgan fingerprint density at radius 2 is 2.11 bits per heavy atom. The number of para-hydroxylation sites is 1.